The summed E-state index contributed by atoms with van der Waals surface area (Å²) in [6, 6.07) is 10.3. The fourth-order valence-electron chi connectivity index (χ4n) is 2.96. The molecule has 1 aliphatic heterocycles. The van der Waals surface area contributed by atoms with E-state index in [0.29, 0.717) is 2.43 Å². The Morgan fingerprint density at radius 1 is 1.11 bits per heavy atom. The molecule has 1 atom stereocenters. The van der Waals surface area contributed by atoms with Gasteiger partial charge >= 0.3 is 133 Å². The summed E-state index contributed by atoms with van der Waals surface area (Å²) in [5.41, 5.74) is 2.28. The number of nitrogens with zero attached hydrogens (tertiary/aromatic N) is 1. The fraction of sp³-hybridized carbons (Fsp3) is 0.462. The maximum absolute atomic E-state index is 6.60. The van der Waals surface area contributed by atoms with Gasteiger partial charge in [0, 0.05) is 0 Å². The summed E-state index contributed by atoms with van der Waals surface area (Å²) in [5.74, 6) is 0. The van der Waals surface area contributed by atoms with Gasteiger partial charge in [-0.25, -0.2) is 0 Å². The molecule has 0 fully saturated rings. The predicted molar refractivity (Wildman–Crippen MR) is 83.6 cm³/mol. The van der Waals surface area contributed by atoms with E-state index < -0.39 is 17.0 Å². The van der Waals surface area contributed by atoms with E-state index >= 15 is 0 Å². The minimum absolute atomic E-state index is 0.0977. The van der Waals surface area contributed by atoms with E-state index in [9.17, 15) is 0 Å². The maximum atomic E-state index is 6.60. The molecule has 2 rings (SSSR count). The van der Waals surface area contributed by atoms with Crippen LogP contribution >= 0.6 is 25.5 Å². The minimum atomic E-state index is -3.78. The quantitative estimate of drug-likeness (QED) is 0.648. The van der Waals surface area contributed by atoms with Gasteiger partial charge in [0.05, 0.1) is 0 Å². The van der Waals surface area contributed by atoms with Gasteiger partial charge in [0.2, 0.25) is 0 Å². The van der Waals surface area contributed by atoms with Crippen molar-refractivity contribution in [2.45, 2.75) is 32.6 Å². The van der Waals surface area contributed by atoms with Gasteiger partial charge in [-0.1, -0.05) is 0 Å². The molecular formula is C13H18BCl3NZr+. The monoisotopic (exact) mass is 394 g/mol. The molecule has 1 unspecified atom stereocenters. The van der Waals surface area contributed by atoms with Gasteiger partial charge in [-0.2, -0.15) is 0 Å². The zero-order chi connectivity index (χ0) is 14.3. The van der Waals surface area contributed by atoms with Crippen LogP contribution in [0.2, 0.25) is 6.32 Å². The second-order valence-corrected chi connectivity index (χ2v) is 23.2. The van der Waals surface area contributed by atoms with Crippen LogP contribution in [0.25, 0.3) is 0 Å². The van der Waals surface area contributed by atoms with Crippen molar-refractivity contribution in [2.75, 3.05) is 6.54 Å². The first-order valence-electron chi connectivity index (χ1n) is 6.41. The average Bonchev–Trinajstić information content (AvgIpc) is 2.74. The van der Waals surface area contributed by atoms with Crippen LogP contribution < -0.4 is 0 Å². The molecule has 102 valence electrons. The van der Waals surface area contributed by atoms with Crippen molar-refractivity contribution in [1.82, 2.24) is 0 Å². The topological polar surface area (TPSA) is 0 Å². The van der Waals surface area contributed by atoms with Gasteiger partial charge in [-0.05, 0) is 0 Å². The van der Waals surface area contributed by atoms with Gasteiger partial charge in [0.15, 0.2) is 0 Å². The molecular weight excluding hydrogens is 379 g/mol. The first-order chi connectivity index (χ1) is 8.70. The van der Waals surface area contributed by atoms with E-state index in [1.54, 1.807) is 0 Å². The summed E-state index contributed by atoms with van der Waals surface area (Å²) in [5, 5.41) is 0. The van der Waals surface area contributed by atoms with Crippen LogP contribution in [0.4, 0.5) is 0 Å². The van der Waals surface area contributed by atoms with Gasteiger partial charge in [0.1, 0.15) is 0 Å². The Balaban J connectivity index is 2.61. The molecule has 6 heteroatoms. The number of hydrogen-bond donors (Lipinski definition) is 0. The zero-order valence-electron chi connectivity index (χ0n) is 11.5. The Hall–Kier alpha value is 0.868. The van der Waals surface area contributed by atoms with Gasteiger partial charge in [-0.15, -0.1) is 0 Å². The normalized spacial score (nSPS) is 24.0. The summed E-state index contributed by atoms with van der Waals surface area (Å²) >= 11 is -3.78. The molecule has 1 heterocycles. The van der Waals surface area contributed by atoms with Crippen LogP contribution in [0.15, 0.2) is 30.3 Å². The van der Waals surface area contributed by atoms with E-state index in [1.807, 2.05) is 18.2 Å². The summed E-state index contributed by atoms with van der Waals surface area (Å²) in [4.78, 5) is 0. The second kappa shape index (κ2) is 5.58. The van der Waals surface area contributed by atoms with Crippen molar-refractivity contribution in [3.63, 3.8) is 0 Å². The molecule has 0 amide bonds. The van der Waals surface area contributed by atoms with Crippen molar-refractivity contribution in [3.8, 4) is 0 Å². The Labute approximate surface area is 131 Å². The van der Waals surface area contributed by atoms with Crippen LogP contribution in [-0.4, -0.2) is 27.0 Å². The predicted octanol–water partition coefficient (Wildman–Crippen LogP) is 4.45. The molecule has 1 aromatic rings. The van der Waals surface area contributed by atoms with Crippen molar-refractivity contribution in [1.29, 1.82) is 0 Å². The second-order valence-electron chi connectivity index (χ2n) is 5.92. The fourth-order valence-corrected chi connectivity index (χ4v) is 14.6. The van der Waals surface area contributed by atoms with Gasteiger partial charge in [0.25, 0.3) is 0 Å². The molecule has 1 aromatic carbocycles. The summed E-state index contributed by atoms with van der Waals surface area (Å²) in [6.45, 7) is 9.68. The molecule has 19 heavy (non-hydrogen) atoms. The SMILES string of the molecule is CC(C)(C)[N+]1([Zr]([Cl])([Cl])[Cl])CCB=C1c1ccccc1. The molecule has 1 aliphatic rings. The first-order valence-corrected chi connectivity index (χ1v) is 17.0. The standard InChI is InChI=1S/C13H18BN.3ClH.Zr/c1-13(2,3)15-10-9-14-12(15)11-7-5-4-6-8-11;;;;/h4-8H,9-10H2,1-3H3;3*1H;/q;;;;+4/p-3. The zero-order valence-corrected chi connectivity index (χ0v) is 16.2. The van der Waals surface area contributed by atoms with E-state index in [-0.39, 0.29) is 5.54 Å². The number of hydrogen-bond acceptors (Lipinski definition) is 0. The van der Waals surface area contributed by atoms with Crippen LogP contribution in [0.1, 0.15) is 26.3 Å². The van der Waals surface area contributed by atoms with Crippen molar-refractivity contribution >= 4 is 38.0 Å². The molecule has 1 nitrogen and oxygen atoms in total. The summed E-state index contributed by atoms with van der Waals surface area (Å²) < 4.78 is 0.566. The number of benzene rings is 1. The molecule has 0 aliphatic carbocycles. The molecule has 0 aromatic heterocycles. The molecule has 0 bridgehead atoms. The Bertz CT molecular complexity index is 477. The van der Waals surface area contributed by atoms with E-state index in [1.165, 1.54) is 11.2 Å². The third kappa shape index (κ3) is 2.79. The number of rotatable bonds is 2. The van der Waals surface area contributed by atoms with Crippen molar-refractivity contribution in [2.24, 2.45) is 0 Å². The van der Waals surface area contributed by atoms with Crippen LogP contribution in [0, 0.1) is 0 Å². The molecule has 0 N–H and O–H groups in total. The third-order valence-electron chi connectivity index (χ3n) is 3.86. The van der Waals surface area contributed by atoms with Gasteiger partial charge in [-0.3, -0.25) is 0 Å². The van der Waals surface area contributed by atoms with Crippen LogP contribution in [0.5, 0.6) is 0 Å². The van der Waals surface area contributed by atoms with Crippen molar-refractivity contribution < 1.29 is 19.4 Å². The molecule has 0 saturated carbocycles. The summed E-state index contributed by atoms with van der Waals surface area (Å²) in [6.07, 6.45) is 0.978. The van der Waals surface area contributed by atoms with Crippen LogP contribution in [0.3, 0.4) is 0 Å². The molecule has 0 spiro atoms. The average molecular weight is 397 g/mol. The Kier molecular flexibility index (Phi) is 4.77. The van der Waals surface area contributed by atoms with Crippen LogP contribution in [-0.2, 0) is 17.0 Å². The Morgan fingerprint density at radius 3 is 2.16 bits per heavy atom. The molecule has 0 saturated heterocycles. The van der Waals surface area contributed by atoms with E-state index in [4.69, 9.17) is 25.5 Å². The Morgan fingerprint density at radius 2 is 1.68 bits per heavy atom. The van der Waals surface area contributed by atoms with E-state index in [2.05, 4.69) is 39.8 Å². The van der Waals surface area contributed by atoms with Gasteiger partial charge < -0.3 is 0 Å². The first kappa shape index (κ1) is 16.2. The van der Waals surface area contributed by atoms with E-state index in [0.717, 1.165) is 12.9 Å². The third-order valence-corrected chi connectivity index (χ3v) is 13.9. The number of quaternary nitrogens is 1. The number of halogens is 3. The molecule has 0 radical (unpaired) electrons. The van der Waals surface area contributed by atoms with Crippen molar-refractivity contribution in [3.05, 3.63) is 35.9 Å². The summed E-state index contributed by atoms with van der Waals surface area (Å²) in [7, 11) is 19.8.